The summed E-state index contributed by atoms with van der Waals surface area (Å²) in [5.41, 5.74) is 8.82. The zero-order valence-electron chi connectivity index (χ0n) is 13.1. The lowest BCUT2D eigenvalue weighted by molar-refractivity contribution is 0.110. The van der Waals surface area contributed by atoms with Gasteiger partial charge in [0.05, 0.1) is 5.52 Å². The molecule has 0 spiro atoms. The summed E-state index contributed by atoms with van der Waals surface area (Å²) in [6.45, 7) is 7.97. The summed E-state index contributed by atoms with van der Waals surface area (Å²) < 4.78 is 0. The minimum atomic E-state index is 0.531. The number of nitrogen functional groups attached to an aromatic ring is 1. The molecule has 1 fully saturated rings. The third kappa shape index (κ3) is 3.03. The number of pyridine rings is 1. The maximum atomic E-state index is 6.15. The smallest absolute Gasteiger partial charge is 0.128 e. The van der Waals surface area contributed by atoms with Crippen molar-refractivity contribution in [1.29, 1.82) is 0 Å². The third-order valence-electron chi connectivity index (χ3n) is 5.15. The second kappa shape index (κ2) is 5.64. The Balaban J connectivity index is 1.75. The van der Waals surface area contributed by atoms with Crippen LogP contribution in [0.5, 0.6) is 0 Å². The Bertz CT molecular complexity index is 627. The Labute approximate surface area is 127 Å². The molecule has 2 heterocycles. The molecule has 3 rings (SSSR count). The predicted molar refractivity (Wildman–Crippen MR) is 89.1 cm³/mol. The summed E-state index contributed by atoms with van der Waals surface area (Å²) in [5, 5.41) is 1.18. The molecule has 0 bridgehead atoms. The fraction of sp³-hybridized carbons (Fsp3) is 0.500. The van der Waals surface area contributed by atoms with Gasteiger partial charge in [-0.2, -0.15) is 0 Å². The standard InChI is InChI=1S/C18H25N3/c1-3-18(2)8-10-21(11-9-18)13-15-12-14-6-4-5-7-16(14)20-17(15)19/h4-7,12H,3,8-11,13H2,1-2H3,(H2,19,20). The average Bonchev–Trinajstić information content (AvgIpc) is 2.50. The van der Waals surface area contributed by atoms with Gasteiger partial charge in [-0.25, -0.2) is 4.98 Å². The van der Waals surface area contributed by atoms with E-state index in [0.717, 1.165) is 30.7 Å². The lowest BCUT2D eigenvalue weighted by atomic mass is 9.78. The molecule has 3 nitrogen and oxygen atoms in total. The molecule has 2 N–H and O–H groups in total. The molecule has 1 saturated heterocycles. The van der Waals surface area contributed by atoms with Crippen LogP contribution in [0, 0.1) is 5.41 Å². The maximum absolute atomic E-state index is 6.15. The molecule has 0 amide bonds. The van der Waals surface area contributed by atoms with Gasteiger partial charge in [0, 0.05) is 17.5 Å². The minimum absolute atomic E-state index is 0.531. The van der Waals surface area contributed by atoms with Crippen LogP contribution in [-0.4, -0.2) is 23.0 Å². The molecule has 0 radical (unpaired) electrons. The van der Waals surface area contributed by atoms with Crippen molar-refractivity contribution in [3.63, 3.8) is 0 Å². The lowest BCUT2D eigenvalue weighted by Gasteiger charge is -2.39. The van der Waals surface area contributed by atoms with Gasteiger partial charge < -0.3 is 5.73 Å². The van der Waals surface area contributed by atoms with Crippen molar-refractivity contribution >= 4 is 16.7 Å². The summed E-state index contributed by atoms with van der Waals surface area (Å²) in [4.78, 5) is 7.05. The third-order valence-corrected chi connectivity index (χ3v) is 5.15. The Morgan fingerprint density at radius 2 is 1.95 bits per heavy atom. The Hall–Kier alpha value is -1.61. The molecule has 0 aliphatic carbocycles. The first kappa shape index (κ1) is 14.3. The maximum Gasteiger partial charge on any atom is 0.128 e. The van der Waals surface area contributed by atoms with Crippen molar-refractivity contribution in [3.8, 4) is 0 Å². The van der Waals surface area contributed by atoms with Gasteiger partial charge in [0.25, 0.3) is 0 Å². The summed E-state index contributed by atoms with van der Waals surface area (Å²) in [6.07, 6.45) is 3.84. The molecule has 21 heavy (non-hydrogen) atoms. The van der Waals surface area contributed by atoms with E-state index in [0.29, 0.717) is 11.2 Å². The molecular formula is C18H25N3. The highest BCUT2D eigenvalue weighted by molar-refractivity contribution is 5.81. The van der Waals surface area contributed by atoms with E-state index >= 15 is 0 Å². The highest BCUT2D eigenvalue weighted by atomic mass is 15.1. The SMILES string of the molecule is CCC1(C)CCN(Cc2cc3ccccc3nc2N)CC1. The van der Waals surface area contributed by atoms with Crippen molar-refractivity contribution in [2.45, 2.75) is 39.7 Å². The summed E-state index contributed by atoms with van der Waals surface area (Å²) in [5.74, 6) is 0.678. The van der Waals surface area contributed by atoms with E-state index in [1.54, 1.807) is 0 Å². The summed E-state index contributed by atoms with van der Waals surface area (Å²) >= 11 is 0. The highest BCUT2D eigenvalue weighted by Gasteiger charge is 2.28. The number of hydrogen-bond acceptors (Lipinski definition) is 3. The van der Waals surface area contributed by atoms with Crippen molar-refractivity contribution < 1.29 is 0 Å². The van der Waals surface area contributed by atoms with E-state index in [1.165, 1.54) is 24.6 Å². The quantitative estimate of drug-likeness (QED) is 0.931. The van der Waals surface area contributed by atoms with Gasteiger partial charge >= 0.3 is 0 Å². The van der Waals surface area contributed by atoms with E-state index < -0.39 is 0 Å². The van der Waals surface area contributed by atoms with Crippen molar-refractivity contribution in [3.05, 3.63) is 35.9 Å². The predicted octanol–water partition coefficient (Wildman–Crippen LogP) is 3.83. The van der Waals surface area contributed by atoms with Gasteiger partial charge in [-0.05, 0) is 43.5 Å². The van der Waals surface area contributed by atoms with Crippen molar-refractivity contribution in [1.82, 2.24) is 9.88 Å². The van der Waals surface area contributed by atoms with E-state index in [1.807, 2.05) is 12.1 Å². The van der Waals surface area contributed by atoms with Crippen LogP contribution in [0.1, 0.15) is 38.7 Å². The zero-order chi connectivity index (χ0) is 14.9. The number of hydrogen-bond donors (Lipinski definition) is 1. The van der Waals surface area contributed by atoms with Crippen molar-refractivity contribution in [2.75, 3.05) is 18.8 Å². The lowest BCUT2D eigenvalue weighted by Crippen LogP contribution is -2.38. The number of rotatable bonds is 3. The number of nitrogens with zero attached hydrogens (tertiary/aromatic N) is 2. The van der Waals surface area contributed by atoms with E-state index in [2.05, 4.69) is 41.9 Å². The first-order chi connectivity index (χ1) is 10.1. The largest absolute Gasteiger partial charge is 0.383 e. The normalized spacial score (nSPS) is 19.0. The number of fused-ring (bicyclic) bond motifs is 1. The summed E-state index contributed by atoms with van der Waals surface area (Å²) in [6, 6.07) is 10.4. The molecular weight excluding hydrogens is 258 g/mol. The number of benzene rings is 1. The van der Waals surface area contributed by atoms with Crippen LogP contribution in [0.2, 0.25) is 0 Å². The molecule has 2 aromatic rings. The topological polar surface area (TPSA) is 42.2 Å². The van der Waals surface area contributed by atoms with Crippen molar-refractivity contribution in [2.24, 2.45) is 5.41 Å². The van der Waals surface area contributed by atoms with Gasteiger partial charge in [0.1, 0.15) is 5.82 Å². The fourth-order valence-corrected chi connectivity index (χ4v) is 3.15. The first-order valence-corrected chi connectivity index (χ1v) is 7.96. The molecule has 1 aromatic heterocycles. The van der Waals surface area contributed by atoms with Crippen LogP contribution < -0.4 is 5.73 Å². The van der Waals surface area contributed by atoms with Crippen LogP contribution in [0.25, 0.3) is 10.9 Å². The second-order valence-electron chi connectivity index (χ2n) is 6.67. The molecule has 3 heteroatoms. The Morgan fingerprint density at radius 1 is 1.24 bits per heavy atom. The molecule has 112 valence electrons. The number of likely N-dealkylation sites (tertiary alicyclic amines) is 1. The van der Waals surface area contributed by atoms with Gasteiger partial charge in [0.2, 0.25) is 0 Å². The Morgan fingerprint density at radius 3 is 2.67 bits per heavy atom. The average molecular weight is 283 g/mol. The van der Waals surface area contributed by atoms with Crippen LogP contribution >= 0.6 is 0 Å². The molecule has 0 saturated carbocycles. The van der Waals surface area contributed by atoms with E-state index in [-0.39, 0.29) is 0 Å². The monoisotopic (exact) mass is 283 g/mol. The van der Waals surface area contributed by atoms with Crippen LogP contribution in [-0.2, 0) is 6.54 Å². The zero-order valence-corrected chi connectivity index (χ0v) is 13.1. The van der Waals surface area contributed by atoms with Gasteiger partial charge in [-0.3, -0.25) is 4.90 Å². The van der Waals surface area contributed by atoms with Crippen LogP contribution in [0.3, 0.4) is 0 Å². The fourth-order valence-electron chi connectivity index (χ4n) is 3.15. The molecule has 0 atom stereocenters. The van der Waals surface area contributed by atoms with Crippen LogP contribution in [0.4, 0.5) is 5.82 Å². The minimum Gasteiger partial charge on any atom is -0.383 e. The van der Waals surface area contributed by atoms with Gasteiger partial charge in [-0.15, -0.1) is 0 Å². The van der Waals surface area contributed by atoms with Gasteiger partial charge in [-0.1, -0.05) is 38.5 Å². The first-order valence-electron chi connectivity index (χ1n) is 7.96. The molecule has 0 unspecified atom stereocenters. The molecule has 1 aliphatic rings. The summed E-state index contributed by atoms with van der Waals surface area (Å²) in [7, 11) is 0. The van der Waals surface area contributed by atoms with Gasteiger partial charge in [0.15, 0.2) is 0 Å². The highest BCUT2D eigenvalue weighted by Crippen LogP contribution is 2.34. The Kier molecular flexibility index (Phi) is 3.85. The van der Waals surface area contributed by atoms with E-state index in [9.17, 15) is 0 Å². The number of anilines is 1. The molecule has 1 aromatic carbocycles. The number of nitrogens with two attached hydrogens (primary N) is 1. The van der Waals surface area contributed by atoms with E-state index in [4.69, 9.17) is 5.73 Å². The number of piperidine rings is 1. The number of aromatic nitrogens is 1. The van der Waals surface area contributed by atoms with Crippen LogP contribution in [0.15, 0.2) is 30.3 Å². The second-order valence-corrected chi connectivity index (χ2v) is 6.67. The molecule has 1 aliphatic heterocycles. The number of para-hydroxylation sites is 1.